The van der Waals surface area contributed by atoms with Gasteiger partial charge in [-0.25, -0.2) is 0 Å². The summed E-state index contributed by atoms with van der Waals surface area (Å²) in [6.45, 7) is 0. The average Bonchev–Trinajstić information content (AvgIpc) is 1.66. The van der Waals surface area contributed by atoms with Gasteiger partial charge in [-0.15, -0.1) is 0 Å². The molecule has 0 saturated carbocycles. The minimum atomic E-state index is -5.20. The van der Waals surface area contributed by atoms with Crippen molar-refractivity contribution in [3.8, 4) is 0 Å². The van der Waals surface area contributed by atoms with Crippen molar-refractivity contribution in [1.29, 1.82) is 0 Å². The molecule has 0 aliphatic heterocycles. The highest BCUT2D eigenvalue weighted by molar-refractivity contribution is 6.47. The maximum Gasteiger partial charge on any atom is 0.452 e. The summed E-state index contributed by atoms with van der Waals surface area (Å²) in [6, 6.07) is 0. The third-order valence-corrected chi connectivity index (χ3v) is 0.750. The van der Waals surface area contributed by atoms with Crippen molar-refractivity contribution < 1.29 is 22.0 Å². The molecular formula is C3H3Cl2F5. The Hall–Kier alpha value is 0.230. The van der Waals surface area contributed by atoms with E-state index in [1.165, 1.54) is 0 Å². The summed E-state index contributed by atoms with van der Waals surface area (Å²) in [5.41, 5.74) is 0. The quantitative estimate of drug-likeness (QED) is 0.420. The van der Waals surface area contributed by atoms with Gasteiger partial charge in [0.1, 0.15) is 0 Å². The zero-order valence-corrected chi connectivity index (χ0v) is 6.16. The molecule has 0 radical (unpaired) electrons. The van der Waals surface area contributed by atoms with Crippen molar-refractivity contribution in [3.63, 3.8) is 0 Å². The molecule has 0 aliphatic carbocycles. The van der Waals surface area contributed by atoms with Crippen LogP contribution < -0.4 is 0 Å². The van der Waals surface area contributed by atoms with E-state index >= 15 is 0 Å². The second-order valence-electron chi connectivity index (χ2n) is 0.996. The molecule has 0 aliphatic rings. The summed E-state index contributed by atoms with van der Waals surface area (Å²) in [7, 11) is 0.500. The molecule has 0 aromatic heterocycles. The number of hydrogen-bond donors (Lipinski definition) is 0. The average molecular weight is 205 g/mol. The first-order valence-corrected chi connectivity index (χ1v) is 2.52. The van der Waals surface area contributed by atoms with Crippen molar-refractivity contribution in [3.05, 3.63) is 0 Å². The van der Waals surface area contributed by atoms with E-state index in [9.17, 15) is 22.0 Å². The Balaban J connectivity index is 0. The Morgan fingerprint density at radius 2 is 1.00 bits per heavy atom. The van der Waals surface area contributed by atoms with Crippen molar-refractivity contribution in [2.24, 2.45) is 0 Å². The number of rotatable bonds is 0. The molecule has 0 N–H and O–H groups in total. The van der Waals surface area contributed by atoms with Crippen LogP contribution in [0, 0.1) is 0 Å². The molecule has 0 bridgehead atoms. The summed E-state index contributed by atoms with van der Waals surface area (Å²) in [5.74, 6) is 0. The van der Waals surface area contributed by atoms with Crippen LogP contribution in [0.5, 0.6) is 0 Å². The Kier molecular flexibility index (Phi) is 5.38. The van der Waals surface area contributed by atoms with Crippen LogP contribution in [-0.2, 0) is 0 Å². The zero-order chi connectivity index (χ0) is 9.00. The highest BCUT2D eigenvalue weighted by Gasteiger charge is 2.53. The standard InChI is InChI=1S/C2Cl2F4.CH3F/c3-1(4,5)2(6,7)8;1-2/h;1H3. The summed E-state index contributed by atoms with van der Waals surface area (Å²) in [4.78, 5) is 0. The first-order chi connectivity index (χ1) is 4.25. The van der Waals surface area contributed by atoms with Gasteiger partial charge in [0.2, 0.25) is 0 Å². The van der Waals surface area contributed by atoms with Crippen molar-refractivity contribution in [1.82, 2.24) is 0 Å². The molecule has 0 unspecified atom stereocenters. The van der Waals surface area contributed by atoms with Crippen LogP contribution in [0.1, 0.15) is 0 Å². The molecule has 7 heteroatoms. The van der Waals surface area contributed by atoms with E-state index in [1.807, 2.05) is 0 Å². The first-order valence-electron chi connectivity index (χ1n) is 1.76. The van der Waals surface area contributed by atoms with Crippen LogP contribution >= 0.6 is 23.2 Å². The fourth-order valence-electron chi connectivity index (χ4n) is 0. The summed E-state index contributed by atoms with van der Waals surface area (Å²) < 4.78 is 49.5. The van der Waals surface area contributed by atoms with E-state index in [-0.39, 0.29) is 0 Å². The van der Waals surface area contributed by atoms with E-state index in [0.717, 1.165) is 0 Å². The topological polar surface area (TPSA) is 0 Å². The molecule has 0 spiro atoms. The first kappa shape index (κ1) is 12.9. The molecule has 0 fully saturated rings. The second-order valence-corrected chi connectivity index (χ2v) is 2.23. The van der Waals surface area contributed by atoms with Gasteiger partial charge in [-0.3, -0.25) is 4.39 Å². The zero-order valence-electron chi connectivity index (χ0n) is 4.65. The number of hydrogen-bond acceptors (Lipinski definition) is 0. The highest BCUT2D eigenvalue weighted by Crippen LogP contribution is 2.40. The van der Waals surface area contributed by atoms with E-state index < -0.39 is 10.8 Å². The maximum atomic E-state index is 11.3. The smallest absolute Gasteiger partial charge is 0.255 e. The van der Waals surface area contributed by atoms with Crippen molar-refractivity contribution in [2.45, 2.75) is 10.8 Å². The van der Waals surface area contributed by atoms with Gasteiger partial charge in [0.15, 0.2) is 0 Å². The van der Waals surface area contributed by atoms with E-state index in [0.29, 0.717) is 7.18 Å². The fraction of sp³-hybridized carbons (Fsp3) is 1.00. The third kappa shape index (κ3) is 5.05. The van der Waals surface area contributed by atoms with Gasteiger partial charge in [-0.1, -0.05) is 23.2 Å². The molecule has 64 valence electrons. The molecule has 0 atom stereocenters. The SMILES string of the molecule is CF.FC(F)(F)C(F)(Cl)Cl. The summed E-state index contributed by atoms with van der Waals surface area (Å²) in [6.07, 6.45) is -5.20. The molecular weight excluding hydrogens is 202 g/mol. The highest BCUT2D eigenvalue weighted by atomic mass is 35.5. The van der Waals surface area contributed by atoms with Gasteiger partial charge in [0.05, 0.1) is 7.18 Å². The Morgan fingerprint density at radius 1 is 0.900 bits per heavy atom. The monoisotopic (exact) mass is 204 g/mol. The number of halogens is 7. The van der Waals surface area contributed by atoms with Crippen molar-refractivity contribution in [2.75, 3.05) is 7.18 Å². The van der Waals surface area contributed by atoms with E-state index in [1.54, 1.807) is 0 Å². The van der Waals surface area contributed by atoms with Gasteiger partial charge in [0, 0.05) is 0 Å². The lowest BCUT2D eigenvalue weighted by Gasteiger charge is -2.11. The minimum Gasteiger partial charge on any atom is -0.255 e. The second kappa shape index (κ2) is 4.18. The van der Waals surface area contributed by atoms with Gasteiger partial charge in [-0.2, -0.15) is 17.6 Å². The molecule has 0 saturated heterocycles. The van der Waals surface area contributed by atoms with Crippen LogP contribution in [-0.4, -0.2) is 17.9 Å². The lowest BCUT2D eigenvalue weighted by molar-refractivity contribution is -0.170. The summed E-state index contributed by atoms with van der Waals surface area (Å²) in [5, 5.41) is 0. The Morgan fingerprint density at radius 3 is 1.00 bits per heavy atom. The number of alkyl halides is 7. The van der Waals surface area contributed by atoms with Gasteiger partial charge < -0.3 is 0 Å². The molecule has 0 nitrogen and oxygen atoms in total. The lowest BCUT2D eigenvalue weighted by atomic mass is 10.7. The van der Waals surface area contributed by atoms with Gasteiger partial charge in [0.25, 0.3) is 0 Å². The predicted octanol–water partition coefficient (Wildman–Crippen LogP) is 3.24. The van der Waals surface area contributed by atoms with Gasteiger partial charge in [-0.05, 0) is 0 Å². The third-order valence-electron chi connectivity index (χ3n) is 0.321. The molecule has 10 heavy (non-hydrogen) atoms. The van der Waals surface area contributed by atoms with Gasteiger partial charge >= 0.3 is 10.8 Å². The minimum absolute atomic E-state index is 0.500. The largest absolute Gasteiger partial charge is 0.452 e. The fourth-order valence-corrected chi connectivity index (χ4v) is 0. The molecule has 0 rings (SSSR count). The van der Waals surface area contributed by atoms with Crippen LogP contribution in [0.2, 0.25) is 0 Å². The predicted molar refractivity (Wildman–Crippen MR) is 28.6 cm³/mol. The van der Waals surface area contributed by atoms with Crippen LogP contribution in [0.15, 0.2) is 0 Å². The Labute approximate surface area is 63.9 Å². The normalized spacial score (nSPS) is 12.0. The Bertz CT molecular complexity index is 69.9. The molecule has 0 aromatic carbocycles. The molecule has 0 aromatic rings. The van der Waals surface area contributed by atoms with Crippen LogP contribution in [0.4, 0.5) is 22.0 Å². The van der Waals surface area contributed by atoms with E-state index in [2.05, 4.69) is 23.2 Å². The summed E-state index contributed by atoms with van der Waals surface area (Å²) >= 11 is 7.97. The van der Waals surface area contributed by atoms with Crippen LogP contribution in [0.3, 0.4) is 0 Å². The molecule has 0 amide bonds. The molecule has 0 heterocycles. The lowest BCUT2D eigenvalue weighted by Crippen LogP contribution is -2.28. The van der Waals surface area contributed by atoms with Crippen LogP contribution in [0.25, 0.3) is 0 Å². The van der Waals surface area contributed by atoms with E-state index in [4.69, 9.17) is 0 Å². The maximum absolute atomic E-state index is 11.3. The van der Waals surface area contributed by atoms with Crippen molar-refractivity contribution >= 4 is 23.2 Å².